The van der Waals surface area contributed by atoms with Gasteiger partial charge in [-0.05, 0) is 24.7 Å². The number of aliphatic hydroxyl groups excluding tert-OH is 2. The topological polar surface area (TPSA) is 52.9 Å². The molecule has 0 radical (unpaired) electrons. The fraction of sp³-hybridized carbons (Fsp3) is 0.467. The fourth-order valence-electron chi connectivity index (χ4n) is 1.88. The van der Waals surface area contributed by atoms with E-state index in [1.165, 1.54) is 13.2 Å². The lowest BCUT2D eigenvalue weighted by atomic mass is 10.1. The summed E-state index contributed by atoms with van der Waals surface area (Å²) in [6.45, 7) is 1.01. The van der Waals surface area contributed by atoms with Gasteiger partial charge in [-0.3, -0.25) is 4.90 Å². The van der Waals surface area contributed by atoms with Crippen LogP contribution in [0, 0.1) is 17.7 Å². The van der Waals surface area contributed by atoms with Gasteiger partial charge in [-0.2, -0.15) is 0 Å². The van der Waals surface area contributed by atoms with Gasteiger partial charge >= 0.3 is 0 Å². The van der Waals surface area contributed by atoms with Gasteiger partial charge in [0.2, 0.25) is 0 Å². The Morgan fingerprint density at radius 2 is 2.20 bits per heavy atom. The molecule has 4 nitrogen and oxygen atoms in total. The Labute approximate surface area is 118 Å². The highest BCUT2D eigenvalue weighted by Crippen LogP contribution is 2.11. The van der Waals surface area contributed by atoms with Gasteiger partial charge in [-0.25, -0.2) is 4.39 Å². The number of rotatable bonds is 6. The largest absolute Gasteiger partial charge is 0.389 e. The lowest BCUT2D eigenvalue weighted by Gasteiger charge is -2.20. The molecule has 0 amide bonds. The molecule has 2 N–H and O–H groups in total. The summed E-state index contributed by atoms with van der Waals surface area (Å²) in [5.41, 5.74) is 1.16. The zero-order valence-electron chi connectivity index (χ0n) is 11.8. The van der Waals surface area contributed by atoms with Crippen molar-refractivity contribution in [2.45, 2.75) is 12.6 Å². The van der Waals surface area contributed by atoms with E-state index in [-0.39, 0.29) is 18.8 Å². The number of nitrogens with zero attached hydrogens (tertiary/aromatic N) is 1. The molecule has 0 aliphatic rings. The molecule has 0 fully saturated rings. The minimum Gasteiger partial charge on any atom is -0.389 e. The van der Waals surface area contributed by atoms with Gasteiger partial charge in [0.05, 0.1) is 18.3 Å². The van der Waals surface area contributed by atoms with Crippen LogP contribution in [0.2, 0.25) is 0 Å². The van der Waals surface area contributed by atoms with E-state index in [2.05, 4.69) is 11.8 Å². The van der Waals surface area contributed by atoms with Crippen molar-refractivity contribution in [3.05, 3.63) is 35.1 Å². The van der Waals surface area contributed by atoms with E-state index >= 15 is 0 Å². The molecule has 5 heteroatoms. The first kappa shape index (κ1) is 16.6. The third-order valence-corrected chi connectivity index (χ3v) is 2.67. The van der Waals surface area contributed by atoms with Crippen molar-refractivity contribution in [3.8, 4) is 11.8 Å². The summed E-state index contributed by atoms with van der Waals surface area (Å²) in [7, 11) is 3.40. The molecule has 0 spiro atoms. The van der Waals surface area contributed by atoms with Gasteiger partial charge in [0.25, 0.3) is 0 Å². The molecule has 0 heterocycles. The summed E-state index contributed by atoms with van der Waals surface area (Å²) >= 11 is 0. The van der Waals surface area contributed by atoms with Crippen LogP contribution in [0.15, 0.2) is 18.2 Å². The molecule has 1 rings (SSSR count). The van der Waals surface area contributed by atoms with Crippen LogP contribution in [0.4, 0.5) is 4.39 Å². The maximum atomic E-state index is 13.5. The highest BCUT2D eigenvalue weighted by molar-refractivity contribution is 5.38. The van der Waals surface area contributed by atoms with Gasteiger partial charge in [0.1, 0.15) is 12.4 Å². The molecular formula is C15H20FNO3. The van der Waals surface area contributed by atoms with E-state index in [1.54, 1.807) is 12.1 Å². The number of methoxy groups -OCH3 is 1. The molecule has 0 bridgehead atoms. The van der Waals surface area contributed by atoms with E-state index in [9.17, 15) is 9.50 Å². The summed E-state index contributed by atoms with van der Waals surface area (Å²) in [5.74, 6) is 4.60. The normalized spacial score (nSPS) is 12.1. The minimum absolute atomic E-state index is 0.266. The van der Waals surface area contributed by atoms with Crippen molar-refractivity contribution >= 4 is 0 Å². The molecule has 0 aromatic heterocycles. The Kier molecular flexibility index (Phi) is 7.20. The summed E-state index contributed by atoms with van der Waals surface area (Å²) in [5, 5.41) is 18.3. The molecular weight excluding hydrogens is 261 g/mol. The average molecular weight is 281 g/mol. The highest BCUT2D eigenvalue weighted by atomic mass is 19.1. The number of halogens is 1. The van der Waals surface area contributed by atoms with Gasteiger partial charge in [-0.1, -0.05) is 17.9 Å². The average Bonchev–Trinajstić information content (AvgIpc) is 2.39. The first-order valence-electron chi connectivity index (χ1n) is 6.30. The molecule has 0 aliphatic heterocycles. The predicted octanol–water partition coefficient (Wildman–Crippen LogP) is 0.609. The summed E-state index contributed by atoms with van der Waals surface area (Å²) in [4.78, 5) is 1.92. The number of ether oxygens (including phenoxy) is 1. The van der Waals surface area contributed by atoms with E-state index < -0.39 is 11.9 Å². The van der Waals surface area contributed by atoms with Gasteiger partial charge in [0, 0.05) is 20.2 Å². The Balaban J connectivity index is 2.68. The lowest BCUT2D eigenvalue weighted by Crippen LogP contribution is -2.31. The van der Waals surface area contributed by atoms with Gasteiger partial charge < -0.3 is 14.9 Å². The quantitative estimate of drug-likeness (QED) is 0.750. The molecule has 1 atom stereocenters. The van der Waals surface area contributed by atoms with Crippen molar-refractivity contribution < 1.29 is 19.3 Å². The molecule has 1 aromatic carbocycles. The first-order chi connectivity index (χ1) is 9.56. The molecule has 1 unspecified atom stereocenters. The van der Waals surface area contributed by atoms with Crippen LogP contribution < -0.4 is 0 Å². The standard InChI is InChI=1S/C15H20FNO3/c1-17(10-14(19)11-20-2)9-12-5-6-15(16)13(8-12)4-3-7-18/h5-6,8,14,18-19H,7,9-11H2,1-2H3. The second-order valence-electron chi connectivity index (χ2n) is 4.58. The van der Waals surface area contributed by atoms with Crippen LogP contribution in [0.3, 0.4) is 0 Å². The van der Waals surface area contributed by atoms with Crippen LogP contribution in [-0.2, 0) is 11.3 Å². The van der Waals surface area contributed by atoms with Crippen LogP contribution in [0.25, 0.3) is 0 Å². The molecule has 0 aliphatic carbocycles. The second-order valence-corrected chi connectivity index (χ2v) is 4.58. The number of aliphatic hydroxyl groups is 2. The summed E-state index contributed by atoms with van der Waals surface area (Å²) < 4.78 is 18.4. The fourth-order valence-corrected chi connectivity index (χ4v) is 1.88. The smallest absolute Gasteiger partial charge is 0.138 e. The second kappa shape index (κ2) is 8.67. The third kappa shape index (κ3) is 5.68. The Morgan fingerprint density at radius 3 is 2.85 bits per heavy atom. The molecule has 0 saturated heterocycles. The van der Waals surface area contributed by atoms with Crippen LogP contribution in [-0.4, -0.2) is 55.1 Å². The summed E-state index contributed by atoms with van der Waals surface area (Å²) in [6, 6.07) is 4.69. The van der Waals surface area contributed by atoms with Crippen molar-refractivity contribution in [2.24, 2.45) is 0 Å². The first-order valence-corrected chi connectivity index (χ1v) is 6.30. The van der Waals surface area contributed by atoms with Crippen molar-refractivity contribution in [3.63, 3.8) is 0 Å². The van der Waals surface area contributed by atoms with Gasteiger partial charge in [-0.15, -0.1) is 0 Å². The number of hydrogen-bond acceptors (Lipinski definition) is 4. The number of hydrogen-bond donors (Lipinski definition) is 2. The van der Waals surface area contributed by atoms with Crippen molar-refractivity contribution in [2.75, 3.05) is 33.9 Å². The Bertz CT molecular complexity index is 482. The maximum absolute atomic E-state index is 13.5. The Hall–Kier alpha value is -1.45. The monoisotopic (exact) mass is 281 g/mol. The number of benzene rings is 1. The van der Waals surface area contributed by atoms with Crippen LogP contribution in [0.1, 0.15) is 11.1 Å². The lowest BCUT2D eigenvalue weighted by molar-refractivity contribution is 0.0419. The maximum Gasteiger partial charge on any atom is 0.138 e. The van der Waals surface area contributed by atoms with Gasteiger partial charge in [0.15, 0.2) is 0 Å². The van der Waals surface area contributed by atoms with E-state index in [1.807, 2.05) is 11.9 Å². The molecule has 20 heavy (non-hydrogen) atoms. The number of likely N-dealkylation sites (N-methyl/N-ethyl adjacent to an activating group) is 1. The SMILES string of the molecule is COCC(O)CN(C)Cc1ccc(F)c(C#CCO)c1. The Morgan fingerprint density at radius 1 is 1.45 bits per heavy atom. The van der Waals surface area contributed by atoms with E-state index in [4.69, 9.17) is 9.84 Å². The van der Waals surface area contributed by atoms with Crippen molar-refractivity contribution in [1.82, 2.24) is 4.90 Å². The zero-order chi connectivity index (χ0) is 15.0. The van der Waals surface area contributed by atoms with Crippen molar-refractivity contribution in [1.29, 1.82) is 0 Å². The predicted molar refractivity (Wildman–Crippen MR) is 74.6 cm³/mol. The molecule has 1 aromatic rings. The highest BCUT2D eigenvalue weighted by Gasteiger charge is 2.09. The molecule has 110 valence electrons. The zero-order valence-corrected chi connectivity index (χ0v) is 11.8. The minimum atomic E-state index is -0.556. The van der Waals surface area contributed by atoms with E-state index in [0.29, 0.717) is 13.1 Å². The van der Waals surface area contributed by atoms with Crippen LogP contribution >= 0.6 is 0 Å². The molecule has 0 saturated carbocycles. The summed E-state index contributed by atoms with van der Waals surface area (Å²) in [6.07, 6.45) is -0.556. The third-order valence-electron chi connectivity index (χ3n) is 2.67. The van der Waals surface area contributed by atoms with E-state index in [0.717, 1.165) is 5.56 Å². The van der Waals surface area contributed by atoms with Crippen LogP contribution in [0.5, 0.6) is 0 Å².